The smallest absolute Gasteiger partial charge is 0.325 e. The van der Waals surface area contributed by atoms with Crippen molar-refractivity contribution in [3.05, 3.63) is 33.9 Å². The van der Waals surface area contributed by atoms with Crippen LogP contribution < -0.4 is 10.1 Å². The van der Waals surface area contributed by atoms with Gasteiger partial charge in [0.15, 0.2) is 5.75 Å². The first-order valence-electron chi connectivity index (χ1n) is 7.01. The predicted octanol–water partition coefficient (Wildman–Crippen LogP) is 0.753. The first kappa shape index (κ1) is 16.7. The van der Waals surface area contributed by atoms with Crippen molar-refractivity contribution in [1.29, 1.82) is 0 Å². The highest BCUT2D eigenvalue weighted by atomic mass is 16.6. The van der Waals surface area contributed by atoms with Crippen molar-refractivity contribution >= 4 is 17.6 Å². The van der Waals surface area contributed by atoms with E-state index in [9.17, 15) is 19.7 Å². The van der Waals surface area contributed by atoms with Gasteiger partial charge in [0.2, 0.25) is 0 Å². The molecule has 1 saturated heterocycles. The Hall–Kier alpha value is -2.68. The molecule has 0 bridgehead atoms. The number of nitro benzene ring substituents is 1. The number of nitro groups is 1. The minimum absolute atomic E-state index is 0.0915. The topological polar surface area (TPSA) is 122 Å². The summed E-state index contributed by atoms with van der Waals surface area (Å²) in [7, 11) is 0. The van der Waals surface area contributed by atoms with Crippen LogP contribution in [0.2, 0.25) is 0 Å². The molecular formula is C14H17N3O6. The molecule has 2 N–H and O–H groups in total. The van der Waals surface area contributed by atoms with E-state index < -0.39 is 22.4 Å². The van der Waals surface area contributed by atoms with Crippen molar-refractivity contribution in [2.45, 2.75) is 19.4 Å². The predicted molar refractivity (Wildman–Crippen MR) is 78.9 cm³/mol. The number of imide groups is 1. The standard InChI is InChI=1S/C14H17N3O6/c1-3-23-11-5-4-9(8-10(11)17(21)22)14(2)12(19)16(6-7-18)13(20)15-14/h4-5,8,18H,3,6-7H2,1-2H3,(H,15,20). The van der Waals surface area contributed by atoms with E-state index >= 15 is 0 Å². The summed E-state index contributed by atoms with van der Waals surface area (Å²) in [5.41, 5.74) is -1.44. The molecular weight excluding hydrogens is 306 g/mol. The van der Waals surface area contributed by atoms with Gasteiger partial charge in [-0.2, -0.15) is 0 Å². The van der Waals surface area contributed by atoms with Gasteiger partial charge in [0.1, 0.15) is 5.54 Å². The summed E-state index contributed by atoms with van der Waals surface area (Å²) in [6, 6.07) is 3.46. The van der Waals surface area contributed by atoms with Gasteiger partial charge in [-0.1, -0.05) is 6.07 Å². The number of urea groups is 1. The van der Waals surface area contributed by atoms with Crippen molar-refractivity contribution < 1.29 is 24.4 Å². The molecule has 1 atom stereocenters. The van der Waals surface area contributed by atoms with Gasteiger partial charge in [-0.3, -0.25) is 19.8 Å². The SMILES string of the molecule is CCOc1ccc(C2(C)NC(=O)N(CCO)C2=O)cc1[N+](=O)[O-]. The molecule has 1 aliphatic rings. The molecule has 1 fully saturated rings. The fourth-order valence-corrected chi connectivity index (χ4v) is 2.44. The number of β-amino-alcohol motifs (C(OH)–C–C–N with tert-alkyl or cyclic N) is 1. The molecule has 3 amide bonds. The Morgan fingerprint density at radius 1 is 1.43 bits per heavy atom. The molecule has 1 aromatic carbocycles. The zero-order valence-corrected chi connectivity index (χ0v) is 12.7. The van der Waals surface area contributed by atoms with Gasteiger partial charge in [0.05, 0.1) is 24.7 Å². The number of benzene rings is 1. The maximum Gasteiger partial charge on any atom is 0.325 e. The maximum absolute atomic E-state index is 12.5. The number of amides is 3. The van der Waals surface area contributed by atoms with Gasteiger partial charge >= 0.3 is 11.7 Å². The molecule has 1 unspecified atom stereocenters. The number of carbonyl (C=O) groups excluding carboxylic acids is 2. The summed E-state index contributed by atoms with van der Waals surface area (Å²) in [6.45, 7) is 2.92. The van der Waals surface area contributed by atoms with Crippen LogP contribution in [0.5, 0.6) is 5.75 Å². The lowest BCUT2D eigenvalue weighted by molar-refractivity contribution is -0.385. The van der Waals surface area contributed by atoms with Crippen molar-refractivity contribution in [3.63, 3.8) is 0 Å². The van der Waals surface area contributed by atoms with Crippen LogP contribution in [0.1, 0.15) is 19.4 Å². The quantitative estimate of drug-likeness (QED) is 0.452. The van der Waals surface area contributed by atoms with Crippen molar-refractivity contribution in [2.24, 2.45) is 0 Å². The van der Waals surface area contributed by atoms with Crippen molar-refractivity contribution in [3.8, 4) is 5.75 Å². The van der Waals surface area contributed by atoms with Gasteiger partial charge < -0.3 is 15.2 Å². The second-order valence-corrected chi connectivity index (χ2v) is 5.11. The Morgan fingerprint density at radius 3 is 2.70 bits per heavy atom. The Labute approximate surface area is 132 Å². The number of rotatable bonds is 6. The van der Waals surface area contributed by atoms with E-state index in [1.54, 1.807) is 6.92 Å². The lowest BCUT2D eigenvalue weighted by Gasteiger charge is -2.22. The highest BCUT2D eigenvalue weighted by Crippen LogP contribution is 2.35. The normalized spacial score (nSPS) is 20.6. The van der Waals surface area contributed by atoms with Crippen LogP contribution in [-0.4, -0.2) is 46.6 Å². The van der Waals surface area contributed by atoms with Crippen LogP contribution in [0.3, 0.4) is 0 Å². The third-order valence-electron chi connectivity index (χ3n) is 3.63. The first-order chi connectivity index (χ1) is 10.8. The second kappa shape index (κ2) is 6.21. The molecule has 0 aromatic heterocycles. The summed E-state index contributed by atoms with van der Waals surface area (Å²) in [5, 5.41) is 22.6. The molecule has 1 heterocycles. The van der Waals surface area contributed by atoms with Crippen LogP contribution in [0.4, 0.5) is 10.5 Å². The van der Waals surface area contributed by atoms with Gasteiger partial charge in [-0.15, -0.1) is 0 Å². The van der Waals surface area contributed by atoms with E-state index in [-0.39, 0.29) is 36.8 Å². The average Bonchev–Trinajstić information content (AvgIpc) is 2.72. The van der Waals surface area contributed by atoms with Crippen LogP contribution in [0, 0.1) is 10.1 Å². The highest BCUT2D eigenvalue weighted by Gasteiger charge is 2.49. The van der Waals surface area contributed by atoms with E-state index in [0.717, 1.165) is 4.90 Å². The number of aliphatic hydroxyl groups excluding tert-OH is 1. The van der Waals surface area contributed by atoms with E-state index in [1.165, 1.54) is 25.1 Å². The lowest BCUT2D eigenvalue weighted by atomic mass is 9.91. The Bertz CT molecular complexity index is 662. The Kier molecular flexibility index (Phi) is 4.50. The van der Waals surface area contributed by atoms with Crippen LogP contribution >= 0.6 is 0 Å². The van der Waals surface area contributed by atoms with Crippen molar-refractivity contribution in [2.75, 3.05) is 19.8 Å². The molecule has 0 saturated carbocycles. The lowest BCUT2D eigenvalue weighted by Crippen LogP contribution is -2.41. The summed E-state index contributed by atoms with van der Waals surface area (Å²) in [5.74, 6) is -0.483. The van der Waals surface area contributed by atoms with E-state index in [2.05, 4.69) is 5.32 Å². The second-order valence-electron chi connectivity index (χ2n) is 5.11. The molecule has 9 nitrogen and oxygen atoms in total. The summed E-state index contributed by atoms with van der Waals surface area (Å²) >= 11 is 0. The van der Waals surface area contributed by atoms with Crippen LogP contribution in [0.25, 0.3) is 0 Å². The molecule has 0 spiro atoms. The molecule has 1 aliphatic heterocycles. The van der Waals surface area contributed by atoms with Crippen LogP contribution in [0.15, 0.2) is 18.2 Å². The molecule has 1 aromatic rings. The van der Waals surface area contributed by atoms with Gasteiger partial charge in [-0.05, 0) is 25.5 Å². The molecule has 0 radical (unpaired) electrons. The molecule has 2 rings (SSSR count). The van der Waals surface area contributed by atoms with E-state index in [0.29, 0.717) is 0 Å². The fourth-order valence-electron chi connectivity index (χ4n) is 2.44. The van der Waals surface area contributed by atoms with E-state index in [4.69, 9.17) is 9.84 Å². The minimum atomic E-state index is -1.43. The molecule has 23 heavy (non-hydrogen) atoms. The Morgan fingerprint density at radius 2 is 2.13 bits per heavy atom. The third kappa shape index (κ3) is 2.82. The van der Waals surface area contributed by atoms with Gasteiger partial charge in [0, 0.05) is 6.07 Å². The Balaban J connectivity index is 2.45. The molecule has 9 heteroatoms. The van der Waals surface area contributed by atoms with Gasteiger partial charge in [0.25, 0.3) is 5.91 Å². The minimum Gasteiger partial charge on any atom is -0.487 e. The monoisotopic (exact) mass is 323 g/mol. The fraction of sp³-hybridized carbons (Fsp3) is 0.429. The van der Waals surface area contributed by atoms with E-state index in [1.807, 2.05) is 0 Å². The number of hydrogen-bond acceptors (Lipinski definition) is 6. The zero-order valence-electron chi connectivity index (χ0n) is 12.7. The highest BCUT2D eigenvalue weighted by molar-refractivity contribution is 6.07. The maximum atomic E-state index is 12.5. The first-order valence-corrected chi connectivity index (χ1v) is 7.01. The summed E-state index contributed by atoms with van der Waals surface area (Å²) < 4.78 is 5.20. The number of ether oxygens (including phenoxy) is 1. The number of nitrogens with one attached hydrogen (secondary N) is 1. The van der Waals surface area contributed by atoms with Gasteiger partial charge in [-0.25, -0.2) is 4.79 Å². The number of hydrogen-bond donors (Lipinski definition) is 2. The number of aliphatic hydroxyl groups is 1. The molecule has 0 aliphatic carbocycles. The van der Waals surface area contributed by atoms with Crippen molar-refractivity contribution in [1.82, 2.24) is 10.2 Å². The third-order valence-corrected chi connectivity index (χ3v) is 3.63. The van der Waals surface area contributed by atoms with Crippen LogP contribution in [-0.2, 0) is 10.3 Å². The molecule has 124 valence electrons. The summed E-state index contributed by atoms with van der Waals surface area (Å²) in [4.78, 5) is 35.8. The number of nitrogens with zero attached hydrogens (tertiary/aromatic N) is 2. The largest absolute Gasteiger partial charge is 0.487 e. The average molecular weight is 323 g/mol. The summed E-state index contributed by atoms with van der Waals surface area (Å²) in [6.07, 6.45) is 0. The zero-order chi connectivity index (χ0) is 17.2. The number of carbonyl (C=O) groups is 2.